The van der Waals surface area contributed by atoms with Gasteiger partial charge in [-0.05, 0) is 30.1 Å². The van der Waals surface area contributed by atoms with Gasteiger partial charge in [-0.15, -0.1) is 0 Å². The molecule has 0 spiro atoms. The first-order valence-corrected chi connectivity index (χ1v) is 5.08. The van der Waals surface area contributed by atoms with Crippen LogP contribution in [0.5, 0.6) is 0 Å². The van der Waals surface area contributed by atoms with E-state index >= 15 is 0 Å². The highest BCUT2D eigenvalue weighted by molar-refractivity contribution is 5.97. The van der Waals surface area contributed by atoms with Gasteiger partial charge in [0, 0.05) is 11.3 Å². The maximum Gasteiger partial charge on any atom is 0.143 e. The molecular weight excluding hydrogens is 148 g/mol. The zero-order valence-electron chi connectivity index (χ0n) is 8.05. The number of rotatable bonds is 1. The van der Waals surface area contributed by atoms with Crippen molar-refractivity contribution in [3.63, 3.8) is 0 Å². The van der Waals surface area contributed by atoms with Crippen LogP contribution in [0.15, 0.2) is 0 Å². The predicted molar refractivity (Wildman–Crippen MR) is 46.6 cm³/mol. The van der Waals surface area contributed by atoms with Gasteiger partial charge < -0.3 is 0 Å². The van der Waals surface area contributed by atoms with E-state index in [2.05, 4.69) is 20.8 Å². The topological polar surface area (TPSA) is 17.1 Å². The van der Waals surface area contributed by atoms with Crippen molar-refractivity contribution in [2.75, 3.05) is 0 Å². The van der Waals surface area contributed by atoms with E-state index in [9.17, 15) is 4.79 Å². The Morgan fingerprint density at radius 3 is 2.42 bits per heavy atom. The van der Waals surface area contributed by atoms with Crippen LogP contribution in [-0.4, -0.2) is 5.78 Å². The van der Waals surface area contributed by atoms with Gasteiger partial charge in [-0.2, -0.15) is 0 Å². The fourth-order valence-electron chi connectivity index (χ4n) is 3.78. The van der Waals surface area contributed by atoms with Crippen LogP contribution in [0.4, 0.5) is 0 Å². The number of carbonyl (C=O) groups excluding carboxylic acids is 1. The van der Waals surface area contributed by atoms with Crippen molar-refractivity contribution in [2.24, 2.45) is 28.6 Å². The third kappa shape index (κ3) is 0.462. The largest absolute Gasteiger partial charge is 0.299 e. The molecule has 0 aromatic carbocycles. The SMILES string of the molecule is CC(C)C12CC1C1(C)CC1C2=O. The summed E-state index contributed by atoms with van der Waals surface area (Å²) < 4.78 is 0. The summed E-state index contributed by atoms with van der Waals surface area (Å²) in [5, 5.41) is 0. The minimum Gasteiger partial charge on any atom is -0.299 e. The van der Waals surface area contributed by atoms with E-state index in [1.54, 1.807) is 0 Å². The second-order valence-corrected chi connectivity index (χ2v) is 5.58. The molecule has 1 nitrogen and oxygen atoms in total. The van der Waals surface area contributed by atoms with E-state index < -0.39 is 0 Å². The van der Waals surface area contributed by atoms with Crippen molar-refractivity contribution in [1.29, 1.82) is 0 Å². The van der Waals surface area contributed by atoms with Crippen molar-refractivity contribution < 1.29 is 4.79 Å². The summed E-state index contributed by atoms with van der Waals surface area (Å²) in [7, 11) is 0. The first-order chi connectivity index (χ1) is 5.53. The average Bonchev–Trinajstić information content (AvgIpc) is 2.77. The van der Waals surface area contributed by atoms with E-state index in [0.29, 0.717) is 23.0 Å². The fourth-order valence-corrected chi connectivity index (χ4v) is 3.78. The molecule has 3 aliphatic rings. The lowest BCUT2D eigenvalue weighted by Gasteiger charge is -2.16. The standard InChI is InChI=1S/C11H16O/c1-6(2)11-5-8(11)10(3)4-7(10)9(11)12/h6-8H,4-5H2,1-3H3. The summed E-state index contributed by atoms with van der Waals surface area (Å²) in [5.74, 6) is 2.44. The average molecular weight is 164 g/mol. The third-order valence-corrected chi connectivity index (χ3v) is 4.88. The normalized spacial score (nSPS) is 60.2. The molecular formula is C11H16O. The Morgan fingerprint density at radius 2 is 2.08 bits per heavy atom. The zero-order valence-corrected chi connectivity index (χ0v) is 8.05. The maximum absolute atomic E-state index is 12.0. The van der Waals surface area contributed by atoms with Gasteiger partial charge in [0.05, 0.1) is 0 Å². The Labute approximate surface area is 73.5 Å². The summed E-state index contributed by atoms with van der Waals surface area (Å²) >= 11 is 0. The summed E-state index contributed by atoms with van der Waals surface area (Å²) in [6.45, 7) is 6.75. The van der Waals surface area contributed by atoms with E-state index in [1.165, 1.54) is 12.8 Å². The zero-order chi connectivity index (χ0) is 8.72. The molecule has 0 radical (unpaired) electrons. The first kappa shape index (κ1) is 7.11. The van der Waals surface area contributed by atoms with Gasteiger partial charge in [-0.25, -0.2) is 0 Å². The lowest BCUT2D eigenvalue weighted by atomic mass is 9.86. The van der Waals surface area contributed by atoms with Crippen LogP contribution in [0.25, 0.3) is 0 Å². The van der Waals surface area contributed by atoms with Crippen LogP contribution in [0.1, 0.15) is 33.6 Å². The van der Waals surface area contributed by atoms with Gasteiger partial charge in [-0.1, -0.05) is 20.8 Å². The quantitative estimate of drug-likeness (QED) is 0.581. The lowest BCUT2D eigenvalue weighted by molar-refractivity contribution is -0.126. The van der Waals surface area contributed by atoms with Crippen LogP contribution in [0, 0.1) is 28.6 Å². The molecule has 12 heavy (non-hydrogen) atoms. The smallest absolute Gasteiger partial charge is 0.143 e. The molecule has 0 bridgehead atoms. The van der Waals surface area contributed by atoms with Gasteiger partial charge in [0.25, 0.3) is 0 Å². The molecule has 0 saturated heterocycles. The van der Waals surface area contributed by atoms with Gasteiger partial charge in [0.2, 0.25) is 0 Å². The first-order valence-electron chi connectivity index (χ1n) is 5.08. The maximum atomic E-state index is 12.0. The van der Waals surface area contributed by atoms with Crippen LogP contribution >= 0.6 is 0 Å². The molecule has 4 atom stereocenters. The van der Waals surface area contributed by atoms with Gasteiger partial charge in [0.15, 0.2) is 0 Å². The van der Waals surface area contributed by atoms with E-state index in [-0.39, 0.29) is 5.41 Å². The van der Waals surface area contributed by atoms with E-state index in [0.717, 1.165) is 5.92 Å². The molecule has 0 N–H and O–H groups in total. The highest BCUT2D eigenvalue weighted by atomic mass is 16.1. The van der Waals surface area contributed by atoms with Crippen LogP contribution in [0.3, 0.4) is 0 Å². The summed E-state index contributed by atoms with van der Waals surface area (Å²) in [6.07, 6.45) is 2.40. The second-order valence-electron chi connectivity index (χ2n) is 5.58. The number of carbonyl (C=O) groups is 1. The van der Waals surface area contributed by atoms with Crippen molar-refractivity contribution in [3.05, 3.63) is 0 Å². The number of hydrogen-bond donors (Lipinski definition) is 0. The molecule has 1 heteroatoms. The molecule has 0 aliphatic heterocycles. The Balaban J connectivity index is 2.02. The van der Waals surface area contributed by atoms with E-state index in [1.807, 2.05) is 0 Å². The molecule has 66 valence electrons. The Morgan fingerprint density at radius 1 is 1.42 bits per heavy atom. The predicted octanol–water partition coefficient (Wildman–Crippen LogP) is 2.26. The van der Waals surface area contributed by atoms with Crippen molar-refractivity contribution in [2.45, 2.75) is 33.6 Å². The fraction of sp³-hybridized carbons (Fsp3) is 0.909. The third-order valence-electron chi connectivity index (χ3n) is 4.88. The summed E-state index contributed by atoms with van der Waals surface area (Å²) in [6, 6.07) is 0. The van der Waals surface area contributed by atoms with Crippen molar-refractivity contribution >= 4 is 5.78 Å². The van der Waals surface area contributed by atoms with Crippen LogP contribution < -0.4 is 0 Å². The molecule has 0 aromatic rings. The molecule has 3 saturated carbocycles. The minimum absolute atomic E-state index is 0.164. The Kier molecular flexibility index (Phi) is 0.897. The lowest BCUT2D eigenvalue weighted by Crippen LogP contribution is -2.22. The van der Waals surface area contributed by atoms with Crippen molar-refractivity contribution in [1.82, 2.24) is 0 Å². The van der Waals surface area contributed by atoms with Crippen LogP contribution in [-0.2, 0) is 4.79 Å². The Bertz CT molecular complexity index is 281. The second kappa shape index (κ2) is 1.51. The summed E-state index contributed by atoms with van der Waals surface area (Å²) in [5.41, 5.74) is 0.624. The van der Waals surface area contributed by atoms with E-state index in [4.69, 9.17) is 0 Å². The van der Waals surface area contributed by atoms with Crippen LogP contribution in [0.2, 0.25) is 0 Å². The molecule has 0 amide bonds. The molecule has 4 unspecified atom stereocenters. The number of hydrogen-bond acceptors (Lipinski definition) is 1. The summed E-state index contributed by atoms with van der Waals surface area (Å²) in [4.78, 5) is 12.0. The monoisotopic (exact) mass is 164 g/mol. The van der Waals surface area contributed by atoms with Gasteiger partial charge >= 0.3 is 0 Å². The highest BCUT2D eigenvalue weighted by Crippen LogP contribution is 2.83. The Hall–Kier alpha value is -0.330. The number of ketones is 1. The molecule has 0 aromatic heterocycles. The highest BCUT2D eigenvalue weighted by Gasteiger charge is 2.82. The van der Waals surface area contributed by atoms with Gasteiger partial charge in [-0.3, -0.25) is 4.79 Å². The number of Topliss-reactive ketones (excluding diaryl/α,β-unsaturated/α-hetero) is 1. The molecule has 3 aliphatic carbocycles. The van der Waals surface area contributed by atoms with Crippen molar-refractivity contribution in [3.8, 4) is 0 Å². The molecule has 0 heterocycles. The van der Waals surface area contributed by atoms with Gasteiger partial charge in [0.1, 0.15) is 5.78 Å². The molecule has 3 rings (SSSR count). The number of fused-ring (bicyclic) bond motifs is 3. The molecule has 3 fully saturated rings. The minimum atomic E-state index is 0.164.